The number of hydrogen-bond donors (Lipinski definition) is 1. The van der Waals surface area contributed by atoms with Crippen molar-refractivity contribution in [1.82, 2.24) is 0 Å². The van der Waals surface area contributed by atoms with E-state index in [1.807, 2.05) is 12.9 Å². The van der Waals surface area contributed by atoms with Crippen molar-refractivity contribution in [3.63, 3.8) is 0 Å². The zero-order chi connectivity index (χ0) is 11.4. The smallest absolute Gasteiger partial charge is 0.123 e. The van der Waals surface area contributed by atoms with Crippen molar-refractivity contribution in [2.45, 2.75) is 64.7 Å². The van der Waals surface area contributed by atoms with Gasteiger partial charge in [0.15, 0.2) is 0 Å². The zero-order valence-corrected chi connectivity index (χ0v) is 10.8. The van der Waals surface area contributed by atoms with Crippen LogP contribution in [-0.2, 0) is 4.79 Å². The van der Waals surface area contributed by atoms with Gasteiger partial charge in [-0.2, -0.15) is 12.6 Å². The van der Waals surface area contributed by atoms with Crippen molar-refractivity contribution in [3.8, 4) is 0 Å². The molecule has 0 atom stereocenters. The van der Waals surface area contributed by atoms with E-state index in [-0.39, 0.29) is 0 Å². The quantitative estimate of drug-likeness (QED) is 0.337. The van der Waals surface area contributed by atoms with Crippen LogP contribution in [0.25, 0.3) is 0 Å². The Morgan fingerprint density at radius 1 is 0.933 bits per heavy atom. The summed E-state index contributed by atoms with van der Waals surface area (Å²) in [4.78, 5) is 10.2. The number of allylic oxidation sites excluding steroid dienone is 1. The Morgan fingerprint density at radius 3 is 1.87 bits per heavy atom. The largest absolute Gasteiger partial charge is 0.234 e. The first-order valence-electron chi connectivity index (χ1n) is 6.12. The SMILES string of the molecule is CC(=C=O)CCCCCCCCCCS. The summed E-state index contributed by atoms with van der Waals surface area (Å²) in [5, 5.41) is 0. The average molecular weight is 228 g/mol. The maximum Gasteiger partial charge on any atom is 0.123 e. The lowest BCUT2D eigenvalue weighted by molar-refractivity contribution is 0.561. The molecular formula is C13H24OS. The van der Waals surface area contributed by atoms with E-state index < -0.39 is 0 Å². The van der Waals surface area contributed by atoms with E-state index in [1.165, 1.54) is 44.9 Å². The minimum atomic E-state index is 0.865. The number of unbranched alkanes of at least 4 members (excludes halogenated alkanes) is 7. The molecule has 0 bridgehead atoms. The lowest BCUT2D eigenvalue weighted by atomic mass is 10.1. The van der Waals surface area contributed by atoms with Gasteiger partial charge in [0.25, 0.3) is 0 Å². The van der Waals surface area contributed by atoms with E-state index in [4.69, 9.17) is 0 Å². The standard InChI is InChI=1S/C13H24OS/c1-13(12-14)10-8-6-4-2-3-5-7-9-11-15/h15H,2-11H2,1H3. The molecule has 0 aromatic rings. The summed E-state index contributed by atoms with van der Waals surface area (Å²) in [6.45, 7) is 1.87. The molecule has 0 N–H and O–H groups in total. The van der Waals surface area contributed by atoms with E-state index in [9.17, 15) is 4.79 Å². The van der Waals surface area contributed by atoms with Gasteiger partial charge in [0, 0.05) is 5.57 Å². The third-order valence-electron chi connectivity index (χ3n) is 2.63. The number of hydrogen-bond acceptors (Lipinski definition) is 2. The van der Waals surface area contributed by atoms with Crippen molar-refractivity contribution >= 4 is 18.6 Å². The highest BCUT2D eigenvalue weighted by molar-refractivity contribution is 7.80. The molecule has 15 heavy (non-hydrogen) atoms. The molecule has 88 valence electrons. The van der Waals surface area contributed by atoms with Crippen LogP contribution in [0.3, 0.4) is 0 Å². The summed E-state index contributed by atoms with van der Waals surface area (Å²) < 4.78 is 0. The molecule has 0 saturated carbocycles. The van der Waals surface area contributed by atoms with Crippen LogP contribution < -0.4 is 0 Å². The van der Waals surface area contributed by atoms with Crippen molar-refractivity contribution in [2.24, 2.45) is 0 Å². The van der Waals surface area contributed by atoms with Gasteiger partial charge >= 0.3 is 0 Å². The Hall–Kier alpha value is -0.200. The second kappa shape index (κ2) is 11.9. The summed E-state index contributed by atoms with van der Waals surface area (Å²) in [6, 6.07) is 0. The third kappa shape index (κ3) is 11.7. The molecule has 0 aliphatic rings. The molecule has 0 aromatic heterocycles. The van der Waals surface area contributed by atoms with Crippen LogP contribution in [0.15, 0.2) is 5.57 Å². The van der Waals surface area contributed by atoms with Crippen LogP contribution in [0, 0.1) is 0 Å². The number of carbonyl (C=O) groups excluding carboxylic acids is 1. The first kappa shape index (κ1) is 14.8. The molecule has 0 saturated heterocycles. The van der Waals surface area contributed by atoms with Crippen molar-refractivity contribution in [2.75, 3.05) is 5.75 Å². The van der Waals surface area contributed by atoms with Gasteiger partial charge in [-0.25, -0.2) is 4.79 Å². The molecule has 2 heteroatoms. The minimum absolute atomic E-state index is 0.865. The lowest BCUT2D eigenvalue weighted by Crippen LogP contribution is -1.83. The Balaban J connectivity index is 3.02. The van der Waals surface area contributed by atoms with Gasteiger partial charge in [0.1, 0.15) is 5.94 Å². The topological polar surface area (TPSA) is 17.1 Å². The summed E-state index contributed by atoms with van der Waals surface area (Å²) in [5.41, 5.74) is 0.865. The van der Waals surface area contributed by atoms with Crippen LogP contribution >= 0.6 is 12.6 Å². The lowest BCUT2D eigenvalue weighted by Gasteiger charge is -2.01. The first-order valence-corrected chi connectivity index (χ1v) is 6.76. The predicted octanol–water partition coefficient (Wildman–Crippen LogP) is 4.21. The highest BCUT2D eigenvalue weighted by Gasteiger charge is 1.93. The van der Waals surface area contributed by atoms with Crippen molar-refractivity contribution in [3.05, 3.63) is 5.57 Å². The van der Waals surface area contributed by atoms with Crippen LogP contribution in [0.1, 0.15) is 64.7 Å². The van der Waals surface area contributed by atoms with E-state index in [0.717, 1.165) is 24.2 Å². The monoisotopic (exact) mass is 228 g/mol. The third-order valence-corrected chi connectivity index (χ3v) is 2.95. The molecule has 0 aliphatic carbocycles. The maximum absolute atomic E-state index is 10.2. The van der Waals surface area contributed by atoms with Gasteiger partial charge in [-0.1, -0.05) is 38.5 Å². The average Bonchev–Trinajstić information content (AvgIpc) is 2.26. The van der Waals surface area contributed by atoms with Gasteiger partial charge in [0.05, 0.1) is 0 Å². The fourth-order valence-electron chi connectivity index (χ4n) is 1.61. The Bertz CT molecular complexity index is 183. The molecule has 0 rings (SSSR count). The van der Waals surface area contributed by atoms with Gasteiger partial charge in [-0.05, 0) is 31.9 Å². The van der Waals surface area contributed by atoms with E-state index >= 15 is 0 Å². The highest BCUT2D eigenvalue weighted by atomic mass is 32.1. The Kier molecular flexibility index (Phi) is 11.7. The van der Waals surface area contributed by atoms with Crippen molar-refractivity contribution < 1.29 is 4.79 Å². The molecule has 0 amide bonds. The highest BCUT2D eigenvalue weighted by Crippen LogP contribution is 2.11. The Morgan fingerprint density at radius 2 is 1.40 bits per heavy atom. The predicted molar refractivity (Wildman–Crippen MR) is 70.3 cm³/mol. The van der Waals surface area contributed by atoms with Crippen LogP contribution in [0.2, 0.25) is 0 Å². The molecule has 1 nitrogen and oxygen atoms in total. The van der Waals surface area contributed by atoms with E-state index in [2.05, 4.69) is 12.6 Å². The molecular weight excluding hydrogens is 204 g/mol. The van der Waals surface area contributed by atoms with Gasteiger partial charge in [0.2, 0.25) is 0 Å². The minimum Gasteiger partial charge on any atom is -0.234 e. The van der Waals surface area contributed by atoms with Crippen molar-refractivity contribution in [1.29, 1.82) is 0 Å². The molecule has 0 radical (unpaired) electrons. The van der Waals surface area contributed by atoms with E-state index in [0.29, 0.717) is 0 Å². The molecule has 0 aromatic carbocycles. The summed E-state index contributed by atoms with van der Waals surface area (Å²) in [6.07, 6.45) is 11.3. The fourth-order valence-corrected chi connectivity index (χ4v) is 1.84. The summed E-state index contributed by atoms with van der Waals surface area (Å²) in [7, 11) is 0. The molecule has 0 heterocycles. The van der Waals surface area contributed by atoms with Crippen LogP contribution in [0.4, 0.5) is 0 Å². The molecule has 0 aliphatic heterocycles. The molecule has 0 fully saturated rings. The molecule has 0 spiro atoms. The molecule has 0 unspecified atom stereocenters. The second-order valence-corrected chi connectivity index (χ2v) is 4.63. The fraction of sp³-hybridized carbons (Fsp3) is 0.846. The van der Waals surface area contributed by atoms with E-state index in [1.54, 1.807) is 0 Å². The van der Waals surface area contributed by atoms with Crippen LogP contribution in [-0.4, -0.2) is 11.7 Å². The first-order chi connectivity index (χ1) is 7.31. The van der Waals surface area contributed by atoms with Gasteiger partial charge in [-0.15, -0.1) is 0 Å². The normalized spacial score (nSPS) is 10.0. The number of rotatable bonds is 10. The Labute approximate surface area is 99.7 Å². The summed E-state index contributed by atoms with van der Waals surface area (Å²) in [5.74, 6) is 2.97. The van der Waals surface area contributed by atoms with Gasteiger partial charge < -0.3 is 0 Å². The van der Waals surface area contributed by atoms with Gasteiger partial charge in [-0.3, -0.25) is 0 Å². The maximum atomic E-state index is 10.2. The van der Waals surface area contributed by atoms with Crippen LogP contribution in [0.5, 0.6) is 0 Å². The second-order valence-electron chi connectivity index (χ2n) is 4.18. The number of thiol groups is 1. The zero-order valence-electron chi connectivity index (χ0n) is 9.93. The summed E-state index contributed by atoms with van der Waals surface area (Å²) >= 11 is 4.19.